The lowest BCUT2D eigenvalue weighted by atomic mass is 9.92. The Labute approximate surface area is 83.9 Å². The van der Waals surface area contributed by atoms with Gasteiger partial charge < -0.3 is 4.74 Å². The Bertz CT molecular complexity index is 101. The van der Waals surface area contributed by atoms with Crippen molar-refractivity contribution in [3.8, 4) is 0 Å². The summed E-state index contributed by atoms with van der Waals surface area (Å²) in [7, 11) is 1.83. The van der Waals surface area contributed by atoms with Crippen molar-refractivity contribution in [1.82, 2.24) is 0 Å². The molecule has 0 saturated carbocycles. The van der Waals surface area contributed by atoms with Gasteiger partial charge in [-0.1, -0.05) is 39.5 Å². The molecule has 2 atom stereocenters. The lowest BCUT2D eigenvalue weighted by molar-refractivity contribution is 0.0580. The standard InChI is InChI=1S/C12H26O/c1-5-7-8-10-12(9-6-2)11(3)13-4/h11-12H,5-10H2,1-4H3. The van der Waals surface area contributed by atoms with E-state index >= 15 is 0 Å². The number of hydrogen-bond acceptors (Lipinski definition) is 1. The molecule has 0 radical (unpaired) electrons. The molecule has 0 saturated heterocycles. The Balaban J connectivity index is 3.65. The van der Waals surface area contributed by atoms with Crippen LogP contribution in [0.1, 0.15) is 59.3 Å². The summed E-state index contributed by atoms with van der Waals surface area (Å²) in [6.07, 6.45) is 8.45. The fourth-order valence-electron chi connectivity index (χ4n) is 1.83. The second-order valence-electron chi connectivity index (χ2n) is 3.99. The van der Waals surface area contributed by atoms with Gasteiger partial charge in [0.1, 0.15) is 0 Å². The van der Waals surface area contributed by atoms with E-state index in [4.69, 9.17) is 4.74 Å². The first-order valence-electron chi connectivity index (χ1n) is 5.79. The topological polar surface area (TPSA) is 9.23 Å². The fraction of sp³-hybridized carbons (Fsp3) is 1.00. The van der Waals surface area contributed by atoms with Gasteiger partial charge in [0.05, 0.1) is 6.10 Å². The lowest BCUT2D eigenvalue weighted by Gasteiger charge is -2.22. The minimum atomic E-state index is 0.441. The van der Waals surface area contributed by atoms with Gasteiger partial charge >= 0.3 is 0 Å². The number of rotatable bonds is 8. The van der Waals surface area contributed by atoms with E-state index in [1.165, 1.54) is 38.5 Å². The second-order valence-corrected chi connectivity index (χ2v) is 3.99. The van der Waals surface area contributed by atoms with Crippen LogP contribution >= 0.6 is 0 Å². The normalized spacial score (nSPS) is 15.7. The molecule has 0 heterocycles. The summed E-state index contributed by atoms with van der Waals surface area (Å²) in [5, 5.41) is 0. The van der Waals surface area contributed by atoms with Crippen LogP contribution < -0.4 is 0 Å². The minimum absolute atomic E-state index is 0.441. The zero-order chi connectivity index (χ0) is 10.1. The summed E-state index contributed by atoms with van der Waals surface area (Å²) >= 11 is 0. The van der Waals surface area contributed by atoms with Gasteiger partial charge in [-0.15, -0.1) is 0 Å². The van der Waals surface area contributed by atoms with Crippen molar-refractivity contribution < 1.29 is 4.74 Å². The SMILES string of the molecule is CCCCCC(CCC)C(C)OC. The van der Waals surface area contributed by atoms with Gasteiger partial charge in [0, 0.05) is 7.11 Å². The predicted octanol–water partition coefficient (Wildman–Crippen LogP) is 4.02. The Hall–Kier alpha value is -0.0400. The molecule has 0 aliphatic heterocycles. The number of unbranched alkanes of at least 4 members (excludes halogenated alkanes) is 2. The van der Waals surface area contributed by atoms with E-state index in [1.54, 1.807) is 0 Å². The Morgan fingerprint density at radius 1 is 1.00 bits per heavy atom. The van der Waals surface area contributed by atoms with Crippen molar-refractivity contribution in [3.63, 3.8) is 0 Å². The zero-order valence-electron chi connectivity index (χ0n) is 9.81. The average Bonchev–Trinajstić information content (AvgIpc) is 2.16. The Morgan fingerprint density at radius 2 is 1.69 bits per heavy atom. The van der Waals surface area contributed by atoms with Crippen LogP contribution in [0.4, 0.5) is 0 Å². The van der Waals surface area contributed by atoms with E-state index in [0.29, 0.717) is 6.10 Å². The van der Waals surface area contributed by atoms with Crippen LogP contribution in [0.2, 0.25) is 0 Å². The maximum Gasteiger partial charge on any atom is 0.0571 e. The maximum absolute atomic E-state index is 5.40. The van der Waals surface area contributed by atoms with Crippen LogP contribution in [0.25, 0.3) is 0 Å². The summed E-state index contributed by atoms with van der Waals surface area (Å²) in [4.78, 5) is 0. The molecule has 0 N–H and O–H groups in total. The van der Waals surface area contributed by atoms with Crippen LogP contribution in [-0.4, -0.2) is 13.2 Å². The van der Waals surface area contributed by atoms with Gasteiger partial charge in [-0.3, -0.25) is 0 Å². The number of hydrogen-bond donors (Lipinski definition) is 0. The zero-order valence-corrected chi connectivity index (χ0v) is 9.81. The highest BCUT2D eigenvalue weighted by Crippen LogP contribution is 2.20. The first-order chi connectivity index (χ1) is 6.26. The summed E-state index contributed by atoms with van der Waals surface area (Å²) in [6, 6.07) is 0. The average molecular weight is 186 g/mol. The van der Waals surface area contributed by atoms with Crippen LogP contribution in [0, 0.1) is 5.92 Å². The highest BCUT2D eigenvalue weighted by Gasteiger charge is 2.14. The molecule has 0 aromatic carbocycles. The highest BCUT2D eigenvalue weighted by atomic mass is 16.5. The van der Waals surface area contributed by atoms with E-state index in [9.17, 15) is 0 Å². The molecule has 1 nitrogen and oxygen atoms in total. The van der Waals surface area contributed by atoms with Crippen molar-refractivity contribution in [2.45, 2.75) is 65.4 Å². The third kappa shape index (κ3) is 6.09. The lowest BCUT2D eigenvalue weighted by Crippen LogP contribution is -2.19. The molecule has 80 valence electrons. The molecule has 0 aromatic heterocycles. The molecule has 0 spiro atoms. The van der Waals surface area contributed by atoms with Gasteiger partial charge in [-0.2, -0.15) is 0 Å². The molecule has 0 bridgehead atoms. The molecule has 0 aromatic rings. The van der Waals surface area contributed by atoms with Crippen molar-refractivity contribution in [2.24, 2.45) is 5.92 Å². The molecule has 0 rings (SSSR count). The van der Waals surface area contributed by atoms with Crippen LogP contribution in [0.3, 0.4) is 0 Å². The quantitative estimate of drug-likeness (QED) is 0.520. The van der Waals surface area contributed by atoms with Crippen molar-refractivity contribution in [2.75, 3.05) is 7.11 Å². The molecule has 13 heavy (non-hydrogen) atoms. The molecule has 2 unspecified atom stereocenters. The van der Waals surface area contributed by atoms with Gasteiger partial charge in [-0.05, 0) is 25.7 Å². The molecule has 0 amide bonds. The number of methoxy groups -OCH3 is 1. The van der Waals surface area contributed by atoms with E-state index in [1.807, 2.05) is 7.11 Å². The van der Waals surface area contributed by atoms with Gasteiger partial charge in [0.25, 0.3) is 0 Å². The highest BCUT2D eigenvalue weighted by molar-refractivity contribution is 4.65. The van der Waals surface area contributed by atoms with Crippen molar-refractivity contribution in [1.29, 1.82) is 0 Å². The molecular formula is C12H26O. The summed E-state index contributed by atoms with van der Waals surface area (Å²) in [5.41, 5.74) is 0. The van der Waals surface area contributed by atoms with Crippen LogP contribution in [0.5, 0.6) is 0 Å². The monoisotopic (exact) mass is 186 g/mol. The molecule has 0 fully saturated rings. The predicted molar refractivity (Wildman–Crippen MR) is 59.0 cm³/mol. The van der Waals surface area contributed by atoms with Crippen LogP contribution in [-0.2, 0) is 4.74 Å². The summed E-state index contributed by atoms with van der Waals surface area (Å²) in [5.74, 6) is 0.779. The van der Waals surface area contributed by atoms with Crippen molar-refractivity contribution in [3.05, 3.63) is 0 Å². The first-order valence-corrected chi connectivity index (χ1v) is 5.79. The molecule has 1 heteroatoms. The third-order valence-electron chi connectivity index (χ3n) is 2.87. The van der Waals surface area contributed by atoms with E-state index in [2.05, 4.69) is 20.8 Å². The second kappa shape index (κ2) is 8.55. The summed E-state index contributed by atoms with van der Waals surface area (Å²) < 4.78 is 5.40. The Morgan fingerprint density at radius 3 is 2.15 bits per heavy atom. The summed E-state index contributed by atoms with van der Waals surface area (Å²) in [6.45, 7) is 6.72. The van der Waals surface area contributed by atoms with E-state index in [-0.39, 0.29) is 0 Å². The van der Waals surface area contributed by atoms with Gasteiger partial charge in [-0.25, -0.2) is 0 Å². The molecule has 0 aliphatic carbocycles. The molecule has 0 aliphatic rings. The van der Waals surface area contributed by atoms with E-state index < -0.39 is 0 Å². The maximum atomic E-state index is 5.40. The minimum Gasteiger partial charge on any atom is -0.381 e. The van der Waals surface area contributed by atoms with Gasteiger partial charge in [0.2, 0.25) is 0 Å². The van der Waals surface area contributed by atoms with Crippen molar-refractivity contribution >= 4 is 0 Å². The Kier molecular flexibility index (Phi) is 8.53. The smallest absolute Gasteiger partial charge is 0.0571 e. The van der Waals surface area contributed by atoms with E-state index in [0.717, 1.165) is 5.92 Å². The fourth-order valence-corrected chi connectivity index (χ4v) is 1.83. The third-order valence-corrected chi connectivity index (χ3v) is 2.87. The largest absolute Gasteiger partial charge is 0.381 e. The van der Waals surface area contributed by atoms with Crippen LogP contribution in [0.15, 0.2) is 0 Å². The number of ether oxygens (including phenoxy) is 1. The first kappa shape index (κ1) is 13.0. The van der Waals surface area contributed by atoms with Gasteiger partial charge in [0.15, 0.2) is 0 Å². The molecular weight excluding hydrogens is 160 g/mol.